The molecule has 15 heavy (non-hydrogen) atoms. The minimum atomic E-state index is 0.610. The number of pyridine rings is 1. The zero-order chi connectivity index (χ0) is 11.3. The van der Waals surface area contributed by atoms with E-state index in [2.05, 4.69) is 30.7 Å². The quantitative estimate of drug-likeness (QED) is 0.605. The topological polar surface area (TPSA) is 40.0 Å². The van der Waals surface area contributed by atoms with E-state index in [-0.39, 0.29) is 0 Å². The maximum atomic E-state index is 8.13. The van der Waals surface area contributed by atoms with Gasteiger partial charge in [-0.2, -0.15) is 0 Å². The molecule has 0 amide bonds. The molecule has 0 saturated carbocycles. The van der Waals surface area contributed by atoms with E-state index in [9.17, 15) is 0 Å². The highest BCUT2D eigenvalue weighted by Gasteiger charge is 2.11. The molecule has 3 nitrogen and oxygen atoms in total. The van der Waals surface area contributed by atoms with Crippen LogP contribution in [0.25, 0.3) is 0 Å². The Hall–Kier alpha value is -1.38. The van der Waals surface area contributed by atoms with Crippen molar-refractivity contribution in [3.8, 4) is 0 Å². The molecule has 0 atom stereocenters. The third-order valence-electron chi connectivity index (χ3n) is 2.62. The summed E-state index contributed by atoms with van der Waals surface area (Å²) < 4.78 is 0. The van der Waals surface area contributed by atoms with Gasteiger partial charge in [0.05, 0.1) is 0 Å². The van der Waals surface area contributed by atoms with Gasteiger partial charge < -0.3 is 4.90 Å². The molecule has 1 aromatic heterocycles. The van der Waals surface area contributed by atoms with Gasteiger partial charge in [0.1, 0.15) is 5.84 Å². The molecule has 1 aromatic rings. The van der Waals surface area contributed by atoms with Gasteiger partial charge in [0.2, 0.25) is 0 Å². The van der Waals surface area contributed by atoms with E-state index in [1.807, 2.05) is 12.3 Å². The lowest BCUT2D eigenvalue weighted by Crippen LogP contribution is -2.31. The fourth-order valence-corrected chi connectivity index (χ4v) is 1.65. The first-order valence-electron chi connectivity index (χ1n) is 5.51. The highest BCUT2D eigenvalue weighted by atomic mass is 15.2. The average molecular weight is 205 g/mol. The maximum Gasteiger partial charge on any atom is 0.128 e. The molecule has 0 aliphatic carbocycles. The van der Waals surface area contributed by atoms with Crippen molar-refractivity contribution in [3.05, 3.63) is 29.6 Å². The summed E-state index contributed by atoms with van der Waals surface area (Å²) in [4.78, 5) is 6.14. The Morgan fingerprint density at radius 2 is 2.00 bits per heavy atom. The second-order valence-corrected chi connectivity index (χ2v) is 3.41. The SMILES string of the molecule is CCc1cnccc1C(=N)N(CC)CC. The number of aromatic nitrogens is 1. The van der Waals surface area contributed by atoms with E-state index in [1.54, 1.807) is 6.20 Å². The summed E-state index contributed by atoms with van der Waals surface area (Å²) in [6.07, 6.45) is 4.53. The highest BCUT2D eigenvalue weighted by Crippen LogP contribution is 2.10. The van der Waals surface area contributed by atoms with Gasteiger partial charge in [-0.05, 0) is 31.9 Å². The van der Waals surface area contributed by atoms with Gasteiger partial charge in [-0.15, -0.1) is 0 Å². The molecule has 1 heterocycles. The van der Waals surface area contributed by atoms with Crippen molar-refractivity contribution in [1.29, 1.82) is 5.41 Å². The highest BCUT2D eigenvalue weighted by molar-refractivity contribution is 5.97. The van der Waals surface area contributed by atoms with Crippen molar-refractivity contribution in [2.75, 3.05) is 13.1 Å². The van der Waals surface area contributed by atoms with Crippen molar-refractivity contribution < 1.29 is 0 Å². The van der Waals surface area contributed by atoms with Gasteiger partial charge in [-0.25, -0.2) is 0 Å². The Bertz CT molecular complexity index is 329. The van der Waals surface area contributed by atoms with E-state index in [4.69, 9.17) is 5.41 Å². The van der Waals surface area contributed by atoms with Crippen LogP contribution in [-0.4, -0.2) is 28.8 Å². The van der Waals surface area contributed by atoms with Gasteiger partial charge >= 0.3 is 0 Å². The number of hydrogen-bond donors (Lipinski definition) is 1. The Morgan fingerprint density at radius 3 is 2.53 bits per heavy atom. The van der Waals surface area contributed by atoms with Crippen LogP contribution >= 0.6 is 0 Å². The molecule has 0 aliphatic heterocycles. The first kappa shape index (κ1) is 11.7. The van der Waals surface area contributed by atoms with Crippen molar-refractivity contribution in [3.63, 3.8) is 0 Å². The number of aryl methyl sites for hydroxylation is 1. The zero-order valence-electron chi connectivity index (χ0n) is 9.75. The second-order valence-electron chi connectivity index (χ2n) is 3.41. The van der Waals surface area contributed by atoms with Gasteiger partial charge in [0, 0.05) is 31.0 Å². The van der Waals surface area contributed by atoms with Gasteiger partial charge in [-0.1, -0.05) is 6.92 Å². The maximum absolute atomic E-state index is 8.13. The van der Waals surface area contributed by atoms with E-state index in [0.29, 0.717) is 5.84 Å². The second kappa shape index (κ2) is 5.49. The first-order chi connectivity index (χ1) is 7.24. The average Bonchev–Trinajstić information content (AvgIpc) is 2.30. The normalized spacial score (nSPS) is 10.1. The minimum Gasteiger partial charge on any atom is -0.357 e. The van der Waals surface area contributed by atoms with Gasteiger partial charge in [0.15, 0.2) is 0 Å². The number of hydrogen-bond acceptors (Lipinski definition) is 2. The summed E-state index contributed by atoms with van der Waals surface area (Å²) in [5, 5.41) is 8.13. The van der Waals surface area contributed by atoms with Crippen molar-refractivity contribution in [1.82, 2.24) is 9.88 Å². The van der Waals surface area contributed by atoms with Crippen molar-refractivity contribution >= 4 is 5.84 Å². The van der Waals surface area contributed by atoms with Crippen LogP contribution in [0.1, 0.15) is 31.9 Å². The smallest absolute Gasteiger partial charge is 0.128 e. The summed E-state index contributed by atoms with van der Waals surface area (Å²) in [7, 11) is 0. The van der Waals surface area contributed by atoms with Crippen LogP contribution in [-0.2, 0) is 6.42 Å². The molecule has 1 N–H and O–H groups in total. The third kappa shape index (κ3) is 2.55. The summed E-state index contributed by atoms with van der Waals surface area (Å²) in [6, 6.07) is 1.93. The summed E-state index contributed by atoms with van der Waals surface area (Å²) >= 11 is 0. The fourth-order valence-electron chi connectivity index (χ4n) is 1.65. The van der Waals surface area contributed by atoms with Crippen LogP contribution in [0.2, 0.25) is 0 Å². The standard InChI is InChI=1S/C12H19N3/c1-4-10-9-14-8-7-11(10)12(13)15(5-2)6-3/h7-9,13H,4-6H2,1-3H3. The number of amidine groups is 1. The Morgan fingerprint density at radius 1 is 1.33 bits per heavy atom. The number of nitrogens with zero attached hydrogens (tertiary/aromatic N) is 2. The molecular formula is C12H19N3. The Balaban J connectivity index is 2.99. The summed E-state index contributed by atoms with van der Waals surface area (Å²) in [6.45, 7) is 7.99. The molecule has 1 rings (SSSR count). The molecular weight excluding hydrogens is 186 g/mol. The Kier molecular flexibility index (Phi) is 4.28. The van der Waals surface area contributed by atoms with E-state index < -0.39 is 0 Å². The molecule has 0 saturated heterocycles. The van der Waals surface area contributed by atoms with E-state index in [1.165, 1.54) is 0 Å². The molecule has 0 radical (unpaired) electrons. The van der Waals surface area contributed by atoms with Gasteiger partial charge in [0.25, 0.3) is 0 Å². The van der Waals surface area contributed by atoms with E-state index >= 15 is 0 Å². The van der Waals surface area contributed by atoms with Crippen LogP contribution in [0.15, 0.2) is 18.5 Å². The lowest BCUT2D eigenvalue weighted by molar-refractivity contribution is 0.463. The monoisotopic (exact) mass is 205 g/mol. The number of nitrogens with one attached hydrogen (secondary N) is 1. The molecule has 0 bridgehead atoms. The molecule has 0 spiro atoms. The zero-order valence-corrected chi connectivity index (χ0v) is 9.75. The van der Waals surface area contributed by atoms with E-state index in [0.717, 1.165) is 30.6 Å². The fraction of sp³-hybridized carbons (Fsp3) is 0.500. The van der Waals surface area contributed by atoms with Gasteiger partial charge in [-0.3, -0.25) is 10.4 Å². The van der Waals surface area contributed by atoms with Crippen LogP contribution in [0, 0.1) is 5.41 Å². The minimum absolute atomic E-state index is 0.610. The van der Waals surface area contributed by atoms with Crippen LogP contribution in [0.4, 0.5) is 0 Å². The molecule has 0 unspecified atom stereocenters. The third-order valence-corrected chi connectivity index (χ3v) is 2.62. The molecule has 0 aromatic carbocycles. The van der Waals surface area contributed by atoms with Crippen LogP contribution < -0.4 is 0 Å². The predicted octanol–water partition coefficient (Wildman–Crippen LogP) is 2.31. The van der Waals surface area contributed by atoms with Crippen molar-refractivity contribution in [2.24, 2.45) is 0 Å². The largest absolute Gasteiger partial charge is 0.357 e. The summed E-state index contributed by atoms with van der Waals surface area (Å²) in [5.41, 5.74) is 2.16. The molecule has 0 fully saturated rings. The Labute approximate surface area is 91.7 Å². The lowest BCUT2D eigenvalue weighted by Gasteiger charge is -2.22. The first-order valence-corrected chi connectivity index (χ1v) is 5.51. The molecule has 3 heteroatoms. The summed E-state index contributed by atoms with van der Waals surface area (Å²) in [5.74, 6) is 0.610. The van der Waals surface area contributed by atoms with Crippen LogP contribution in [0.3, 0.4) is 0 Å². The lowest BCUT2D eigenvalue weighted by atomic mass is 10.1. The molecule has 82 valence electrons. The predicted molar refractivity (Wildman–Crippen MR) is 63.4 cm³/mol. The number of rotatable bonds is 4. The van der Waals surface area contributed by atoms with Crippen molar-refractivity contribution in [2.45, 2.75) is 27.2 Å². The van der Waals surface area contributed by atoms with Crippen LogP contribution in [0.5, 0.6) is 0 Å². The molecule has 0 aliphatic rings.